The molecular formula is C17H16BrN3O4. The quantitative estimate of drug-likeness (QED) is 0.678. The zero-order valence-corrected chi connectivity index (χ0v) is 15.2. The number of nitrogens with one attached hydrogen (secondary N) is 1. The Bertz CT molecular complexity index is 888. The first-order valence-corrected chi connectivity index (χ1v) is 8.20. The van der Waals surface area contributed by atoms with E-state index in [0.717, 1.165) is 5.56 Å². The van der Waals surface area contributed by atoms with Crippen molar-refractivity contribution in [2.75, 3.05) is 19.5 Å². The topological polar surface area (TPSA) is 78.5 Å². The molecule has 3 rings (SSSR count). The van der Waals surface area contributed by atoms with Crippen LogP contribution in [0.2, 0.25) is 0 Å². The lowest BCUT2D eigenvalue weighted by Gasteiger charge is -2.14. The Kier molecular flexibility index (Phi) is 5.08. The van der Waals surface area contributed by atoms with Crippen LogP contribution in [0.25, 0.3) is 0 Å². The van der Waals surface area contributed by atoms with E-state index in [1.165, 1.54) is 0 Å². The molecule has 1 amide bonds. The van der Waals surface area contributed by atoms with E-state index in [0.29, 0.717) is 28.5 Å². The van der Waals surface area contributed by atoms with E-state index in [4.69, 9.17) is 13.9 Å². The minimum Gasteiger partial charge on any atom is -0.493 e. The van der Waals surface area contributed by atoms with Crippen LogP contribution in [0.1, 0.15) is 16.1 Å². The number of anilines is 1. The first-order valence-electron chi connectivity index (χ1n) is 7.40. The number of ether oxygens (including phenoxy) is 2. The van der Waals surface area contributed by atoms with Crippen molar-refractivity contribution in [3.05, 3.63) is 58.6 Å². The fraction of sp³-hybridized carbons (Fsp3) is 0.176. The van der Waals surface area contributed by atoms with Crippen molar-refractivity contribution in [3.8, 4) is 11.5 Å². The maximum absolute atomic E-state index is 12.2. The second kappa shape index (κ2) is 7.43. The number of hydrogen-bond acceptors (Lipinski definition) is 5. The average Bonchev–Trinajstić information content (AvgIpc) is 3.24. The number of rotatable bonds is 6. The first kappa shape index (κ1) is 17.1. The number of nitrogens with zero attached hydrogens (tertiary/aromatic N) is 2. The molecule has 8 heteroatoms. The Morgan fingerprint density at radius 1 is 1.24 bits per heavy atom. The molecule has 2 aromatic heterocycles. The third kappa shape index (κ3) is 3.69. The van der Waals surface area contributed by atoms with E-state index >= 15 is 0 Å². The number of methoxy groups -OCH3 is 2. The first-order chi connectivity index (χ1) is 12.1. The molecule has 1 aromatic carbocycles. The number of amides is 1. The SMILES string of the molecule is COc1cccc(Cn2nccc2NC(=O)c2ccc(Br)o2)c1OC. The van der Waals surface area contributed by atoms with Gasteiger partial charge in [0.15, 0.2) is 21.9 Å². The van der Waals surface area contributed by atoms with E-state index in [1.807, 2.05) is 18.2 Å². The van der Waals surface area contributed by atoms with Gasteiger partial charge < -0.3 is 19.2 Å². The van der Waals surface area contributed by atoms with Crippen LogP contribution in [0, 0.1) is 0 Å². The lowest BCUT2D eigenvalue weighted by atomic mass is 10.2. The van der Waals surface area contributed by atoms with Crippen molar-refractivity contribution in [1.29, 1.82) is 0 Å². The van der Waals surface area contributed by atoms with E-state index in [2.05, 4.69) is 26.3 Å². The molecule has 0 saturated heterocycles. The molecule has 0 aliphatic carbocycles. The van der Waals surface area contributed by atoms with Gasteiger partial charge in [-0.15, -0.1) is 0 Å². The van der Waals surface area contributed by atoms with Gasteiger partial charge in [-0.25, -0.2) is 4.68 Å². The van der Waals surface area contributed by atoms with Crippen molar-refractivity contribution in [2.24, 2.45) is 0 Å². The molecule has 130 valence electrons. The Balaban J connectivity index is 1.82. The number of carbonyl (C=O) groups excluding carboxylic acids is 1. The summed E-state index contributed by atoms with van der Waals surface area (Å²) in [6.45, 7) is 0.408. The lowest BCUT2D eigenvalue weighted by molar-refractivity contribution is 0.0994. The predicted molar refractivity (Wildman–Crippen MR) is 95.2 cm³/mol. The number of carbonyl (C=O) groups is 1. The zero-order chi connectivity index (χ0) is 17.8. The van der Waals surface area contributed by atoms with Crippen LogP contribution < -0.4 is 14.8 Å². The fourth-order valence-corrected chi connectivity index (χ4v) is 2.73. The molecule has 0 atom stereocenters. The molecule has 2 heterocycles. The van der Waals surface area contributed by atoms with E-state index in [-0.39, 0.29) is 11.7 Å². The van der Waals surface area contributed by atoms with Gasteiger partial charge in [-0.05, 0) is 34.1 Å². The van der Waals surface area contributed by atoms with Gasteiger partial charge in [-0.3, -0.25) is 4.79 Å². The molecule has 7 nitrogen and oxygen atoms in total. The highest BCUT2D eigenvalue weighted by Gasteiger charge is 2.15. The minimum atomic E-state index is -0.356. The Labute approximate surface area is 152 Å². The van der Waals surface area contributed by atoms with Gasteiger partial charge in [-0.1, -0.05) is 12.1 Å². The molecule has 0 aliphatic heterocycles. The number of hydrogen-bond donors (Lipinski definition) is 1. The van der Waals surface area contributed by atoms with Crippen molar-refractivity contribution in [2.45, 2.75) is 6.54 Å². The highest BCUT2D eigenvalue weighted by atomic mass is 79.9. The van der Waals surface area contributed by atoms with Crippen LogP contribution in [0.3, 0.4) is 0 Å². The molecule has 0 spiro atoms. The highest BCUT2D eigenvalue weighted by molar-refractivity contribution is 9.10. The summed E-state index contributed by atoms with van der Waals surface area (Å²) >= 11 is 3.18. The van der Waals surface area contributed by atoms with Gasteiger partial charge in [0, 0.05) is 11.6 Å². The molecule has 0 saturated carbocycles. The summed E-state index contributed by atoms with van der Waals surface area (Å²) in [7, 11) is 3.17. The third-order valence-corrected chi connectivity index (χ3v) is 3.99. The lowest BCUT2D eigenvalue weighted by Crippen LogP contribution is -2.16. The molecule has 0 aliphatic rings. The Hall–Kier alpha value is -2.74. The number of para-hydroxylation sites is 1. The van der Waals surface area contributed by atoms with E-state index in [1.54, 1.807) is 43.3 Å². The van der Waals surface area contributed by atoms with Crippen LogP contribution in [0.15, 0.2) is 51.7 Å². The molecular weight excluding hydrogens is 390 g/mol. The minimum absolute atomic E-state index is 0.207. The van der Waals surface area contributed by atoms with E-state index in [9.17, 15) is 4.79 Å². The largest absolute Gasteiger partial charge is 0.493 e. The number of aromatic nitrogens is 2. The van der Waals surface area contributed by atoms with Gasteiger partial charge in [-0.2, -0.15) is 5.10 Å². The highest BCUT2D eigenvalue weighted by Crippen LogP contribution is 2.31. The van der Waals surface area contributed by atoms with Gasteiger partial charge in [0.25, 0.3) is 5.91 Å². The maximum atomic E-state index is 12.2. The molecule has 0 fully saturated rings. The average molecular weight is 406 g/mol. The second-order valence-electron chi connectivity index (χ2n) is 5.08. The standard InChI is InChI=1S/C17H16BrN3O4/c1-23-12-5-3-4-11(16(12)24-2)10-21-15(8-9-19-21)20-17(22)13-6-7-14(18)25-13/h3-9H,10H2,1-2H3,(H,20,22). The summed E-state index contributed by atoms with van der Waals surface area (Å²) < 4.78 is 18.2. The molecule has 25 heavy (non-hydrogen) atoms. The number of benzene rings is 1. The van der Waals surface area contributed by atoms with Crippen LogP contribution in [0.4, 0.5) is 5.82 Å². The van der Waals surface area contributed by atoms with Crippen LogP contribution in [-0.4, -0.2) is 29.9 Å². The smallest absolute Gasteiger partial charge is 0.292 e. The number of furan rings is 1. The summed E-state index contributed by atoms with van der Waals surface area (Å²) in [4.78, 5) is 12.2. The van der Waals surface area contributed by atoms with Gasteiger partial charge in [0.05, 0.1) is 27.0 Å². The molecule has 0 bridgehead atoms. The van der Waals surface area contributed by atoms with Crippen molar-refractivity contribution in [1.82, 2.24) is 9.78 Å². The maximum Gasteiger partial charge on any atom is 0.292 e. The Morgan fingerprint density at radius 3 is 2.76 bits per heavy atom. The van der Waals surface area contributed by atoms with Gasteiger partial charge >= 0.3 is 0 Å². The van der Waals surface area contributed by atoms with Crippen molar-refractivity contribution in [3.63, 3.8) is 0 Å². The predicted octanol–water partition coefficient (Wildman–Crippen LogP) is 3.56. The third-order valence-electron chi connectivity index (χ3n) is 3.56. The van der Waals surface area contributed by atoms with Crippen molar-refractivity contribution < 1.29 is 18.7 Å². The van der Waals surface area contributed by atoms with Crippen LogP contribution >= 0.6 is 15.9 Å². The van der Waals surface area contributed by atoms with Crippen molar-refractivity contribution >= 4 is 27.7 Å². The number of halogens is 1. The summed E-state index contributed by atoms with van der Waals surface area (Å²) in [5.41, 5.74) is 0.877. The van der Waals surface area contributed by atoms with Gasteiger partial charge in [0.1, 0.15) is 5.82 Å². The normalized spacial score (nSPS) is 10.5. The second-order valence-corrected chi connectivity index (χ2v) is 5.87. The summed E-state index contributed by atoms with van der Waals surface area (Å²) in [6.07, 6.45) is 1.61. The zero-order valence-electron chi connectivity index (χ0n) is 13.7. The monoisotopic (exact) mass is 405 g/mol. The summed E-state index contributed by atoms with van der Waals surface area (Å²) in [5.74, 6) is 1.66. The molecule has 3 aromatic rings. The van der Waals surface area contributed by atoms with Crippen LogP contribution in [-0.2, 0) is 6.54 Å². The summed E-state index contributed by atoms with van der Waals surface area (Å²) in [6, 6.07) is 10.6. The molecule has 0 unspecified atom stereocenters. The molecule has 0 radical (unpaired) electrons. The summed E-state index contributed by atoms with van der Waals surface area (Å²) in [5, 5.41) is 7.04. The Morgan fingerprint density at radius 2 is 2.08 bits per heavy atom. The van der Waals surface area contributed by atoms with E-state index < -0.39 is 0 Å². The molecule has 1 N–H and O–H groups in total. The van der Waals surface area contributed by atoms with Gasteiger partial charge in [0.2, 0.25) is 0 Å². The fourth-order valence-electron chi connectivity index (χ4n) is 2.42. The van der Waals surface area contributed by atoms with Crippen LogP contribution in [0.5, 0.6) is 11.5 Å².